The second-order valence-corrected chi connectivity index (χ2v) is 6.89. The number of amides is 2. The predicted octanol–water partition coefficient (Wildman–Crippen LogP) is 3.50. The molecule has 0 atom stereocenters. The third kappa shape index (κ3) is 2.75. The molecule has 3 aromatic rings. The largest absolute Gasteiger partial charge is 0.360 e. The molecule has 2 N–H and O–H groups in total. The zero-order chi connectivity index (χ0) is 18.3. The second-order valence-electron chi connectivity index (χ2n) is 6.89. The van der Waals surface area contributed by atoms with Gasteiger partial charge >= 0.3 is 0 Å². The van der Waals surface area contributed by atoms with Gasteiger partial charge in [0.05, 0.1) is 11.5 Å². The molecule has 26 heavy (non-hydrogen) atoms. The Morgan fingerprint density at radius 3 is 2.65 bits per heavy atom. The zero-order valence-electron chi connectivity index (χ0n) is 14.9. The Morgan fingerprint density at radius 1 is 1.08 bits per heavy atom. The molecule has 5 heteroatoms. The minimum atomic E-state index is -0.163. The van der Waals surface area contributed by atoms with Gasteiger partial charge in [0.2, 0.25) is 5.91 Å². The van der Waals surface area contributed by atoms with Crippen LogP contribution in [0.3, 0.4) is 0 Å². The number of aryl methyl sites for hydroxylation is 1. The first-order valence-electron chi connectivity index (χ1n) is 8.77. The summed E-state index contributed by atoms with van der Waals surface area (Å²) in [5.74, 6) is -0.219. The van der Waals surface area contributed by atoms with Crippen LogP contribution in [0.25, 0.3) is 10.9 Å². The van der Waals surface area contributed by atoms with Gasteiger partial charge in [-0.05, 0) is 37.1 Å². The van der Waals surface area contributed by atoms with E-state index < -0.39 is 0 Å². The highest BCUT2D eigenvalue weighted by Gasteiger charge is 2.36. The number of fused-ring (bicyclic) bond motifs is 1. The first-order valence-corrected chi connectivity index (χ1v) is 8.77. The SMILES string of the molecule is Cc1cccc(NC(=O)C2CN(C(=O)c3c[nH]c4ccccc34)C2)c1C. The molecule has 4 rings (SSSR count). The molecule has 1 aromatic heterocycles. The van der Waals surface area contributed by atoms with Crippen LogP contribution in [0.4, 0.5) is 5.69 Å². The van der Waals surface area contributed by atoms with Crippen molar-refractivity contribution in [3.63, 3.8) is 0 Å². The molecule has 0 bridgehead atoms. The number of carbonyl (C=O) groups excluding carboxylic acids is 2. The van der Waals surface area contributed by atoms with Gasteiger partial charge in [-0.3, -0.25) is 9.59 Å². The van der Waals surface area contributed by atoms with Gasteiger partial charge in [0.1, 0.15) is 0 Å². The third-order valence-electron chi connectivity index (χ3n) is 5.22. The maximum absolute atomic E-state index is 12.7. The first kappa shape index (κ1) is 16.4. The molecule has 2 heterocycles. The number of nitrogens with one attached hydrogen (secondary N) is 2. The monoisotopic (exact) mass is 347 g/mol. The Labute approximate surface area is 152 Å². The van der Waals surface area contributed by atoms with Crippen molar-refractivity contribution >= 4 is 28.4 Å². The Hall–Kier alpha value is -3.08. The van der Waals surface area contributed by atoms with Crippen LogP contribution in [-0.2, 0) is 4.79 Å². The summed E-state index contributed by atoms with van der Waals surface area (Å²) in [5, 5.41) is 3.91. The van der Waals surface area contributed by atoms with E-state index in [9.17, 15) is 9.59 Å². The molecule has 0 radical (unpaired) electrons. The highest BCUT2D eigenvalue weighted by Crippen LogP contribution is 2.25. The number of hydrogen-bond acceptors (Lipinski definition) is 2. The van der Waals surface area contributed by atoms with Gasteiger partial charge in [0.15, 0.2) is 0 Å². The van der Waals surface area contributed by atoms with Crippen LogP contribution in [0.1, 0.15) is 21.5 Å². The van der Waals surface area contributed by atoms with Crippen LogP contribution in [0, 0.1) is 19.8 Å². The van der Waals surface area contributed by atoms with Gasteiger partial charge in [0.25, 0.3) is 5.91 Å². The molecule has 0 spiro atoms. The van der Waals surface area contributed by atoms with Gasteiger partial charge < -0.3 is 15.2 Å². The highest BCUT2D eigenvalue weighted by molar-refractivity contribution is 6.07. The molecule has 2 amide bonds. The molecule has 1 aliphatic heterocycles. The third-order valence-corrected chi connectivity index (χ3v) is 5.22. The van der Waals surface area contributed by atoms with Crippen molar-refractivity contribution in [2.45, 2.75) is 13.8 Å². The van der Waals surface area contributed by atoms with E-state index in [-0.39, 0.29) is 17.7 Å². The summed E-state index contributed by atoms with van der Waals surface area (Å²) in [6.07, 6.45) is 1.75. The lowest BCUT2D eigenvalue weighted by molar-refractivity contribution is -0.123. The molecule has 2 aromatic carbocycles. The Balaban J connectivity index is 1.41. The fourth-order valence-electron chi connectivity index (χ4n) is 3.35. The topological polar surface area (TPSA) is 65.2 Å². The number of anilines is 1. The van der Waals surface area contributed by atoms with E-state index in [1.165, 1.54) is 0 Å². The van der Waals surface area contributed by atoms with Crippen molar-refractivity contribution in [3.05, 3.63) is 65.4 Å². The van der Waals surface area contributed by atoms with Crippen molar-refractivity contribution in [2.75, 3.05) is 18.4 Å². The molecule has 0 saturated carbocycles. The van der Waals surface area contributed by atoms with E-state index in [0.717, 1.165) is 27.7 Å². The maximum Gasteiger partial charge on any atom is 0.256 e. The van der Waals surface area contributed by atoms with Gasteiger partial charge in [-0.2, -0.15) is 0 Å². The number of benzene rings is 2. The molecule has 1 aliphatic rings. The molecule has 1 fully saturated rings. The minimum Gasteiger partial charge on any atom is -0.360 e. The van der Waals surface area contributed by atoms with E-state index in [1.54, 1.807) is 11.1 Å². The number of aromatic amines is 1. The number of aromatic nitrogens is 1. The predicted molar refractivity (Wildman–Crippen MR) is 102 cm³/mol. The zero-order valence-corrected chi connectivity index (χ0v) is 14.9. The van der Waals surface area contributed by atoms with Gasteiger partial charge in [-0.15, -0.1) is 0 Å². The van der Waals surface area contributed by atoms with E-state index in [2.05, 4.69) is 10.3 Å². The lowest BCUT2D eigenvalue weighted by Gasteiger charge is -2.38. The number of likely N-dealkylation sites (tertiary alicyclic amines) is 1. The number of H-pyrrole nitrogens is 1. The van der Waals surface area contributed by atoms with E-state index in [0.29, 0.717) is 18.7 Å². The summed E-state index contributed by atoms with van der Waals surface area (Å²) >= 11 is 0. The van der Waals surface area contributed by atoms with Crippen LogP contribution in [0.5, 0.6) is 0 Å². The number of nitrogens with zero attached hydrogens (tertiary/aromatic N) is 1. The van der Waals surface area contributed by atoms with E-state index in [1.807, 2.05) is 56.3 Å². The lowest BCUT2D eigenvalue weighted by Crippen LogP contribution is -2.54. The smallest absolute Gasteiger partial charge is 0.256 e. The van der Waals surface area contributed by atoms with Crippen LogP contribution in [-0.4, -0.2) is 34.8 Å². The molecule has 0 aliphatic carbocycles. The average molecular weight is 347 g/mol. The van der Waals surface area contributed by atoms with Gasteiger partial charge in [0, 0.05) is 35.9 Å². The first-order chi connectivity index (χ1) is 12.5. The Bertz CT molecular complexity index is 999. The summed E-state index contributed by atoms with van der Waals surface area (Å²) < 4.78 is 0. The van der Waals surface area contributed by atoms with E-state index >= 15 is 0 Å². The number of carbonyl (C=O) groups is 2. The van der Waals surface area contributed by atoms with Crippen molar-refractivity contribution in [2.24, 2.45) is 5.92 Å². The Morgan fingerprint density at radius 2 is 1.85 bits per heavy atom. The van der Waals surface area contributed by atoms with Crippen LogP contribution in [0.15, 0.2) is 48.7 Å². The number of hydrogen-bond donors (Lipinski definition) is 2. The van der Waals surface area contributed by atoms with E-state index in [4.69, 9.17) is 0 Å². The van der Waals surface area contributed by atoms with Crippen molar-refractivity contribution in [1.82, 2.24) is 9.88 Å². The number of rotatable bonds is 3. The Kier molecular flexibility index (Phi) is 3.99. The standard InChI is InChI=1S/C21H21N3O2/c1-13-6-5-9-18(14(13)2)23-20(25)15-11-24(12-15)21(26)17-10-22-19-8-4-3-7-16(17)19/h3-10,15,22H,11-12H2,1-2H3,(H,23,25). The maximum atomic E-state index is 12.7. The summed E-state index contributed by atoms with van der Waals surface area (Å²) in [4.78, 5) is 30.0. The molecular weight excluding hydrogens is 326 g/mol. The van der Waals surface area contributed by atoms with Crippen molar-refractivity contribution < 1.29 is 9.59 Å². The van der Waals surface area contributed by atoms with Gasteiger partial charge in [-0.1, -0.05) is 30.3 Å². The second kappa shape index (κ2) is 6.33. The van der Waals surface area contributed by atoms with Crippen LogP contribution < -0.4 is 5.32 Å². The minimum absolute atomic E-state index is 0.0262. The summed E-state index contributed by atoms with van der Waals surface area (Å²) in [6.45, 7) is 4.93. The van der Waals surface area contributed by atoms with Crippen LogP contribution >= 0.6 is 0 Å². The molecule has 1 saturated heterocycles. The summed E-state index contributed by atoms with van der Waals surface area (Å²) in [6, 6.07) is 13.6. The molecule has 0 unspecified atom stereocenters. The summed E-state index contributed by atoms with van der Waals surface area (Å²) in [7, 11) is 0. The van der Waals surface area contributed by atoms with Crippen LogP contribution in [0.2, 0.25) is 0 Å². The van der Waals surface area contributed by atoms with Crippen molar-refractivity contribution in [3.8, 4) is 0 Å². The molecular formula is C21H21N3O2. The van der Waals surface area contributed by atoms with Gasteiger partial charge in [-0.25, -0.2) is 0 Å². The lowest BCUT2D eigenvalue weighted by atomic mass is 9.97. The van der Waals surface area contributed by atoms with Crippen molar-refractivity contribution in [1.29, 1.82) is 0 Å². The highest BCUT2D eigenvalue weighted by atomic mass is 16.2. The molecule has 132 valence electrons. The quantitative estimate of drug-likeness (QED) is 0.762. The number of para-hydroxylation sites is 1. The summed E-state index contributed by atoms with van der Waals surface area (Å²) in [5.41, 5.74) is 4.67. The average Bonchev–Trinajstić information content (AvgIpc) is 3.01. The molecule has 5 nitrogen and oxygen atoms in total. The fraction of sp³-hybridized carbons (Fsp3) is 0.238. The normalized spacial score (nSPS) is 14.3. The fourth-order valence-corrected chi connectivity index (χ4v) is 3.35.